The lowest BCUT2D eigenvalue weighted by Crippen LogP contribution is -2.39. The molecule has 1 heterocycles. The summed E-state index contributed by atoms with van der Waals surface area (Å²) < 4.78 is 5.45. The number of rotatable bonds is 4. The summed E-state index contributed by atoms with van der Waals surface area (Å²) in [4.78, 5) is 25.7. The van der Waals surface area contributed by atoms with Crippen molar-refractivity contribution in [2.75, 3.05) is 23.4 Å². The molecule has 1 N–H and O–H groups in total. The van der Waals surface area contributed by atoms with Crippen LogP contribution in [0.15, 0.2) is 18.2 Å². The molecule has 5 heteroatoms. The van der Waals surface area contributed by atoms with E-state index in [1.807, 2.05) is 25.1 Å². The first kappa shape index (κ1) is 13.9. The van der Waals surface area contributed by atoms with Crippen molar-refractivity contribution in [3.05, 3.63) is 18.2 Å². The average molecular weight is 288 g/mol. The van der Waals surface area contributed by atoms with Crippen molar-refractivity contribution < 1.29 is 14.3 Å². The fourth-order valence-electron chi connectivity index (χ4n) is 2.66. The molecule has 1 aromatic rings. The van der Waals surface area contributed by atoms with E-state index in [1.54, 1.807) is 4.90 Å². The summed E-state index contributed by atoms with van der Waals surface area (Å²) >= 11 is 0. The fraction of sp³-hybridized carbons (Fsp3) is 0.500. The molecule has 1 saturated carbocycles. The van der Waals surface area contributed by atoms with Crippen LogP contribution in [0.5, 0.6) is 5.75 Å². The number of nitrogens with one attached hydrogen (secondary N) is 1. The van der Waals surface area contributed by atoms with Gasteiger partial charge in [-0.3, -0.25) is 9.59 Å². The molecular weight excluding hydrogens is 268 g/mol. The molecule has 0 aromatic heterocycles. The highest BCUT2D eigenvalue weighted by atomic mass is 16.5. The molecule has 2 aliphatic rings. The molecular formula is C16H20N2O3. The largest absolute Gasteiger partial charge is 0.482 e. The van der Waals surface area contributed by atoms with E-state index in [0.29, 0.717) is 12.3 Å². The van der Waals surface area contributed by atoms with E-state index in [4.69, 9.17) is 4.74 Å². The first-order chi connectivity index (χ1) is 10.2. The summed E-state index contributed by atoms with van der Waals surface area (Å²) in [5.74, 6) is 0.883. The van der Waals surface area contributed by atoms with Gasteiger partial charge in [-0.2, -0.15) is 0 Å². The minimum atomic E-state index is -0.0354. The maximum atomic E-state index is 12.0. The molecule has 0 unspecified atom stereocenters. The smallest absolute Gasteiger partial charge is 0.265 e. The minimum Gasteiger partial charge on any atom is -0.482 e. The van der Waals surface area contributed by atoms with Crippen molar-refractivity contribution in [2.24, 2.45) is 5.92 Å². The van der Waals surface area contributed by atoms with Crippen LogP contribution in [-0.2, 0) is 9.59 Å². The number of benzene rings is 1. The van der Waals surface area contributed by atoms with Crippen molar-refractivity contribution >= 4 is 23.2 Å². The lowest BCUT2D eigenvalue weighted by Gasteiger charge is -2.30. The first-order valence-electron chi connectivity index (χ1n) is 7.57. The number of carbonyl (C=O) groups is 2. The Labute approximate surface area is 124 Å². The molecule has 0 atom stereocenters. The number of fused-ring (bicyclic) bond motifs is 1. The minimum absolute atomic E-state index is 0.0354. The third kappa shape index (κ3) is 2.73. The third-order valence-corrected chi connectivity index (χ3v) is 4.09. The van der Waals surface area contributed by atoms with Gasteiger partial charge >= 0.3 is 0 Å². The van der Waals surface area contributed by atoms with Crippen LogP contribution in [0, 0.1) is 5.92 Å². The van der Waals surface area contributed by atoms with Gasteiger partial charge in [-0.15, -0.1) is 0 Å². The van der Waals surface area contributed by atoms with Crippen LogP contribution in [0.4, 0.5) is 11.4 Å². The molecule has 0 bridgehead atoms. The lowest BCUT2D eigenvalue weighted by molar-refractivity contribution is -0.122. The van der Waals surface area contributed by atoms with Crippen LogP contribution >= 0.6 is 0 Å². The van der Waals surface area contributed by atoms with E-state index < -0.39 is 0 Å². The quantitative estimate of drug-likeness (QED) is 0.926. The molecule has 1 aliphatic heterocycles. The Balaban J connectivity index is 1.81. The first-order valence-corrected chi connectivity index (χ1v) is 7.57. The summed E-state index contributed by atoms with van der Waals surface area (Å²) in [5.41, 5.74) is 1.48. The van der Waals surface area contributed by atoms with E-state index >= 15 is 0 Å². The van der Waals surface area contributed by atoms with Crippen LogP contribution in [0.1, 0.15) is 32.6 Å². The van der Waals surface area contributed by atoms with Gasteiger partial charge in [0.15, 0.2) is 6.61 Å². The highest BCUT2D eigenvalue weighted by molar-refractivity contribution is 5.99. The fourth-order valence-corrected chi connectivity index (χ4v) is 2.66. The molecule has 21 heavy (non-hydrogen) atoms. The maximum Gasteiger partial charge on any atom is 0.265 e. The SMILES string of the molecule is CCCN1C(=O)COc2ccc(NC(=O)C3CCC3)cc21. The van der Waals surface area contributed by atoms with E-state index in [-0.39, 0.29) is 24.3 Å². The van der Waals surface area contributed by atoms with E-state index in [2.05, 4.69) is 5.32 Å². The van der Waals surface area contributed by atoms with Crippen molar-refractivity contribution in [3.63, 3.8) is 0 Å². The van der Waals surface area contributed by atoms with Crippen LogP contribution in [-0.4, -0.2) is 25.0 Å². The van der Waals surface area contributed by atoms with Gasteiger partial charge in [0.25, 0.3) is 5.91 Å². The second-order valence-corrected chi connectivity index (χ2v) is 5.63. The van der Waals surface area contributed by atoms with Gasteiger partial charge in [0, 0.05) is 18.2 Å². The highest BCUT2D eigenvalue weighted by Crippen LogP contribution is 2.35. The van der Waals surface area contributed by atoms with E-state index in [0.717, 1.165) is 37.1 Å². The molecule has 1 aromatic carbocycles. The molecule has 0 spiro atoms. The number of anilines is 2. The predicted molar refractivity (Wildman–Crippen MR) is 80.6 cm³/mol. The van der Waals surface area contributed by atoms with Crippen LogP contribution in [0.3, 0.4) is 0 Å². The van der Waals surface area contributed by atoms with Gasteiger partial charge < -0.3 is 15.0 Å². The number of ether oxygens (including phenoxy) is 1. The van der Waals surface area contributed by atoms with Crippen molar-refractivity contribution in [1.29, 1.82) is 0 Å². The summed E-state index contributed by atoms with van der Waals surface area (Å²) in [6.07, 6.45) is 3.96. The normalized spacial score (nSPS) is 17.8. The van der Waals surface area contributed by atoms with Crippen molar-refractivity contribution in [2.45, 2.75) is 32.6 Å². The lowest BCUT2D eigenvalue weighted by atomic mass is 9.85. The summed E-state index contributed by atoms with van der Waals surface area (Å²) in [6.45, 7) is 2.78. The van der Waals surface area contributed by atoms with Gasteiger partial charge in [0.05, 0.1) is 5.69 Å². The molecule has 0 saturated heterocycles. The number of carbonyl (C=O) groups excluding carboxylic acids is 2. The second-order valence-electron chi connectivity index (χ2n) is 5.63. The van der Waals surface area contributed by atoms with E-state index in [9.17, 15) is 9.59 Å². The summed E-state index contributed by atoms with van der Waals surface area (Å²) in [6, 6.07) is 5.48. The third-order valence-electron chi connectivity index (χ3n) is 4.09. The summed E-state index contributed by atoms with van der Waals surface area (Å²) in [7, 11) is 0. The topological polar surface area (TPSA) is 58.6 Å². The number of amides is 2. The average Bonchev–Trinajstić information content (AvgIpc) is 2.40. The maximum absolute atomic E-state index is 12.0. The molecule has 0 radical (unpaired) electrons. The molecule has 5 nitrogen and oxygen atoms in total. The Morgan fingerprint density at radius 1 is 1.43 bits per heavy atom. The van der Waals surface area contributed by atoms with Crippen molar-refractivity contribution in [3.8, 4) is 5.75 Å². The van der Waals surface area contributed by atoms with Crippen LogP contribution < -0.4 is 15.0 Å². The van der Waals surface area contributed by atoms with Gasteiger partial charge in [0.2, 0.25) is 5.91 Å². The van der Waals surface area contributed by atoms with Crippen LogP contribution in [0.25, 0.3) is 0 Å². The molecule has 112 valence electrons. The summed E-state index contributed by atoms with van der Waals surface area (Å²) in [5, 5.41) is 2.94. The van der Waals surface area contributed by atoms with Gasteiger partial charge in [-0.1, -0.05) is 13.3 Å². The Bertz CT molecular complexity index is 567. The van der Waals surface area contributed by atoms with Gasteiger partial charge in [0.1, 0.15) is 5.75 Å². The van der Waals surface area contributed by atoms with Gasteiger partial charge in [-0.25, -0.2) is 0 Å². The number of nitrogens with zero attached hydrogens (tertiary/aromatic N) is 1. The Morgan fingerprint density at radius 2 is 2.24 bits per heavy atom. The van der Waals surface area contributed by atoms with E-state index in [1.165, 1.54) is 0 Å². The zero-order valence-corrected chi connectivity index (χ0v) is 12.2. The van der Waals surface area contributed by atoms with Crippen LogP contribution in [0.2, 0.25) is 0 Å². The molecule has 3 rings (SSSR count). The molecule has 2 amide bonds. The van der Waals surface area contributed by atoms with Crippen molar-refractivity contribution in [1.82, 2.24) is 0 Å². The zero-order chi connectivity index (χ0) is 14.8. The second kappa shape index (κ2) is 5.76. The molecule has 1 fully saturated rings. The zero-order valence-electron chi connectivity index (χ0n) is 12.2. The number of hydrogen-bond acceptors (Lipinski definition) is 3. The predicted octanol–water partition coefficient (Wildman–Crippen LogP) is 2.56. The Hall–Kier alpha value is -2.04. The Morgan fingerprint density at radius 3 is 2.90 bits per heavy atom. The standard InChI is InChI=1S/C16H20N2O3/c1-2-8-18-13-9-12(17-16(20)11-4-3-5-11)6-7-14(13)21-10-15(18)19/h6-7,9,11H,2-5,8,10H2,1H3,(H,17,20). The van der Waals surface area contributed by atoms with Gasteiger partial charge in [-0.05, 0) is 37.5 Å². The highest BCUT2D eigenvalue weighted by Gasteiger charge is 2.27. The monoisotopic (exact) mass is 288 g/mol. The molecule has 1 aliphatic carbocycles. The Kier molecular flexibility index (Phi) is 3.82. The number of hydrogen-bond donors (Lipinski definition) is 1.